The third kappa shape index (κ3) is 5.02. The van der Waals surface area contributed by atoms with Crippen molar-refractivity contribution in [1.82, 2.24) is 0 Å². The van der Waals surface area contributed by atoms with E-state index in [0.717, 1.165) is 12.1 Å². The lowest BCUT2D eigenvalue weighted by Gasteiger charge is -2.08. The Hall–Kier alpha value is -2.49. The van der Waals surface area contributed by atoms with Gasteiger partial charge in [-0.1, -0.05) is 12.1 Å². The number of esters is 1. The van der Waals surface area contributed by atoms with Crippen LogP contribution in [0.25, 0.3) is 6.08 Å². The summed E-state index contributed by atoms with van der Waals surface area (Å²) < 4.78 is 44.2. The summed E-state index contributed by atoms with van der Waals surface area (Å²) in [5.74, 6) is -1.17. The van der Waals surface area contributed by atoms with Crippen LogP contribution in [0.1, 0.15) is 12.5 Å². The highest BCUT2D eigenvalue weighted by atomic mass is 19.4. The fourth-order valence-electron chi connectivity index (χ4n) is 1.28. The minimum absolute atomic E-state index is 0.121. The molecule has 0 saturated heterocycles. The molecule has 0 N–H and O–H groups in total. The summed E-state index contributed by atoms with van der Waals surface area (Å²) in [5, 5.41) is 8.80. The largest absolute Gasteiger partial charge is 0.573 e. The first kappa shape index (κ1) is 15.6. The number of hydrogen-bond donors (Lipinski definition) is 0. The van der Waals surface area contributed by atoms with Crippen molar-refractivity contribution in [2.45, 2.75) is 13.3 Å². The molecule has 0 aliphatic heterocycles. The fraction of sp³-hybridized carbons (Fsp3) is 0.231. The molecule has 0 aromatic heterocycles. The highest BCUT2D eigenvalue weighted by molar-refractivity contribution is 5.97. The molecule has 0 heterocycles. The Morgan fingerprint density at radius 1 is 1.35 bits per heavy atom. The van der Waals surface area contributed by atoms with Gasteiger partial charge in [0.05, 0.1) is 6.61 Å². The highest BCUT2D eigenvalue weighted by Gasteiger charge is 2.30. The number of alkyl halides is 3. The van der Waals surface area contributed by atoms with Gasteiger partial charge in [0, 0.05) is 0 Å². The van der Waals surface area contributed by atoms with Gasteiger partial charge in [0.1, 0.15) is 17.4 Å². The first-order valence-corrected chi connectivity index (χ1v) is 5.50. The number of nitriles is 1. The summed E-state index contributed by atoms with van der Waals surface area (Å²) in [6.07, 6.45) is -3.55. The minimum atomic E-state index is -4.76. The van der Waals surface area contributed by atoms with Crippen molar-refractivity contribution in [3.8, 4) is 11.8 Å². The summed E-state index contributed by atoms with van der Waals surface area (Å²) in [6.45, 7) is 1.71. The lowest BCUT2D eigenvalue weighted by atomic mass is 10.1. The molecule has 0 unspecified atom stereocenters. The second-order valence-electron chi connectivity index (χ2n) is 3.51. The first-order chi connectivity index (χ1) is 9.35. The molecule has 4 nitrogen and oxygen atoms in total. The third-order valence-electron chi connectivity index (χ3n) is 2.04. The topological polar surface area (TPSA) is 59.3 Å². The maximum Gasteiger partial charge on any atom is 0.573 e. The van der Waals surface area contributed by atoms with Gasteiger partial charge < -0.3 is 9.47 Å². The molecule has 0 aliphatic carbocycles. The van der Waals surface area contributed by atoms with Crippen LogP contribution in [0.4, 0.5) is 13.2 Å². The van der Waals surface area contributed by atoms with E-state index < -0.39 is 12.3 Å². The molecule has 1 rings (SSSR count). The van der Waals surface area contributed by atoms with Gasteiger partial charge in [0.15, 0.2) is 0 Å². The summed E-state index contributed by atoms with van der Waals surface area (Å²) in [5.41, 5.74) is 0.139. The number of nitrogens with zero attached hydrogens (tertiary/aromatic N) is 1. The maximum absolute atomic E-state index is 12.0. The molecule has 7 heteroatoms. The van der Waals surface area contributed by atoms with Crippen molar-refractivity contribution < 1.29 is 27.4 Å². The van der Waals surface area contributed by atoms with Crippen LogP contribution in [0.3, 0.4) is 0 Å². The van der Waals surface area contributed by atoms with Crippen LogP contribution >= 0.6 is 0 Å². The van der Waals surface area contributed by atoms with Crippen LogP contribution in [0.2, 0.25) is 0 Å². The van der Waals surface area contributed by atoms with Crippen LogP contribution in [-0.2, 0) is 9.53 Å². The molecule has 0 saturated carbocycles. The molecule has 0 radical (unpaired) electrons. The Balaban J connectivity index is 2.88. The van der Waals surface area contributed by atoms with Crippen molar-refractivity contribution in [2.75, 3.05) is 6.61 Å². The number of halogens is 3. The molecule has 0 bridgehead atoms. The van der Waals surface area contributed by atoms with E-state index in [2.05, 4.69) is 9.47 Å². The van der Waals surface area contributed by atoms with E-state index in [4.69, 9.17) is 5.26 Å². The number of hydrogen-bond acceptors (Lipinski definition) is 4. The Kier molecular flexibility index (Phi) is 5.15. The fourth-order valence-corrected chi connectivity index (χ4v) is 1.28. The summed E-state index contributed by atoms with van der Waals surface area (Å²) in [6, 6.07) is 6.41. The predicted octanol–water partition coefficient (Wildman–Crippen LogP) is 3.06. The SMILES string of the molecule is CCOC(=O)/C(C#N)=C/c1ccc(OC(F)(F)F)cc1. The molecule has 1 aromatic rings. The number of benzene rings is 1. The predicted molar refractivity (Wildman–Crippen MR) is 63.3 cm³/mol. The van der Waals surface area contributed by atoms with Crippen LogP contribution in [0, 0.1) is 11.3 Å². The molecule has 1 aromatic carbocycles. The molecule has 0 spiro atoms. The summed E-state index contributed by atoms with van der Waals surface area (Å²) >= 11 is 0. The van der Waals surface area contributed by atoms with Gasteiger partial charge in [0.2, 0.25) is 0 Å². The van der Waals surface area contributed by atoms with Crippen molar-refractivity contribution in [2.24, 2.45) is 0 Å². The van der Waals surface area contributed by atoms with Gasteiger partial charge in [-0.2, -0.15) is 5.26 Å². The maximum atomic E-state index is 12.0. The van der Waals surface area contributed by atoms with E-state index >= 15 is 0 Å². The van der Waals surface area contributed by atoms with E-state index in [1.165, 1.54) is 18.2 Å². The Labute approximate surface area is 113 Å². The van der Waals surface area contributed by atoms with Crippen LogP contribution in [0.15, 0.2) is 29.8 Å². The Bertz CT molecular complexity index is 541. The van der Waals surface area contributed by atoms with Gasteiger partial charge in [0.25, 0.3) is 0 Å². The van der Waals surface area contributed by atoms with Crippen molar-refractivity contribution >= 4 is 12.0 Å². The van der Waals surface area contributed by atoms with E-state index in [0.29, 0.717) is 5.56 Å². The number of rotatable bonds is 4. The quantitative estimate of drug-likeness (QED) is 0.484. The van der Waals surface area contributed by atoms with Crippen molar-refractivity contribution in [1.29, 1.82) is 5.26 Å². The molecule has 0 fully saturated rings. The molecule has 0 aliphatic rings. The van der Waals surface area contributed by atoms with E-state index in [1.807, 2.05) is 0 Å². The number of carbonyl (C=O) groups excluding carboxylic acids is 1. The van der Waals surface area contributed by atoms with Gasteiger partial charge in [-0.05, 0) is 30.7 Å². The van der Waals surface area contributed by atoms with Crippen LogP contribution in [-0.4, -0.2) is 18.9 Å². The average Bonchev–Trinajstić information content (AvgIpc) is 2.36. The average molecular weight is 285 g/mol. The minimum Gasteiger partial charge on any atom is -0.462 e. The Morgan fingerprint density at radius 2 is 1.95 bits per heavy atom. The second-order valence-corrected chi connectivity index (χ2v) is 3.51. The van der Waals surface area contributed by atoms with Crippen molar-refractivity contribution in [3.05, 3.63) is 35.4 Å². The smallest absolute Gasteiger partial charge is 0.462 e. The standard InChI is InChI=1S/C13H10F3NO3/c1-2-19-12(18)10(8-17)7-9-3-5-11(6-4-9)20-13(14,15)16/h3-7H,2H2,1H3/b10-7+. The summed E-state index contributed by atoms with van der Waals surface area (Å²) in [4.78, 5) is 11.3. The number of carbonyl (C=O) groups is 1. The second kappa shape index (κ2) is 6.61. The number of ether oxygens (including phenoxy) is 2. The normalized spacial score (nSPS) is 11.7. The molecule has 0 atom stereocenters. The highest BCUT2D eigenvalue weighted by Crippen LogP contribution is 2.23. The monoisotopic (exact) mass is 285 g/mol. The zero-order valence-corrected chi connectivity index (χ0v) is 10.4. The zero-order valence-electron chi connectivity index (χ0n) is 10.4. The van der Waals surface area contributed by atoms with Gasteiger partial charge in [-0.25, -0.2) is 4.79 Å². The van der Waals surface area contributed by atoms with E-state index in [1.54, 1.807) is 13.0 Å². The molecule has 0 amide bonds. The summed E-state index contributed by atoms with van der Waals surface area (Å²) in [7, 11) is 0. The van der Waals surface area contributed by atoms with Crippen LogP contribution < -0.4 is 4.74 Å². The molecular formula is C13H10F3NO3. The lowest BCUT2D eigenvalue weighted by Crippen LogP contribution is -2.16. The van der Waals surface area contributed by atoms with Crippen LogP contribution in [0.5, 0.6) is 5.75 Å². The lowest BCUT2D eigenvalue weighted by molar-refractivity contribution is -0.274. The van der Waals surface area contributed by atoms with Crippen molar-refractivity contribution in [3.63, 3.8) is 0 Å². The zero-order chi connectivity index (χ0) is 15.2. The Morgan fingerprint density at radius 3 is 2.40 bits per heavy atom. The third-order valence-corrected chi connectivity index (χ3v) is 2.04. The van der Waals surface area contributed by atoms with E-state index in [-0.39, 0.29) is 17.9 Å². The van der Waals surface area contributed by atoms with Gasteiger partial charge in [-0.15, -0.1) is 13.2 Å². The molecular weight excluding hydrogens is 275 g/mol. The van der Waals surface area contributed by atoms with Gasteiger partial charge in [-0.3, -0.25) is 0 Å². The van der Waals surface area contributed by atoms with E-state index in [9.17, 15) is 18.0 Å². The molecule has 106 valence electrons. The first-order valence-electron chi connectivity index (χ1n) is 5.50. The van der Waals surface area contributed by atoms with Gasteiger partial charge >= 0.3 is 12.3 Å². The molecule has 20 heavy (non-hydrogen) atoms.